The van der Waals surface area contributed by atoms with Gasteiger partial charge in [0.2, 0.25) is 15.7 Å². The average Bonchev–Trinajstić information content (AvgIpc) is 2.88. The van der Waals surface area contributed by atoms with E-state index in [1.807, 2.05) is 11.9 Å². The average molecular weight is 542 g/mol. The van der Waals surface area contributed by atoms with Gasteiger partial charge in [-0.3, -0.25) is 0 Å². The molecular weight excluding hydrogens is 514 g/mol. The van der Waals surface area contributed by atoms with E-state index in [4.69, 9.17) is 10.5 Å². The number of fused-ring (bicyclic) bond motifs is 1. The van der Waals surface area contributed by atoms with Gasteiger partial charge in [-0.2, -0.15) is 0 Å². The molecule has 0 spiro atoms. The molecule has 0 atom stereocenters. The Hall–Kier alpha value is -3.61. The minimum absolute atomic E-state index is 0.0828. The van der Waals surface area contributed by atoms with Crippen molar-refractivity contribution in [3.05, 3.63) is 66.9 Å². The number of nitrogens with two attached hydrogens (primary N) is 1. The van der Waals surface area contributed by atoms with E-state index in [9.17, 15) is 16.8 Å². The summed E-state index contributed by atoms with van der Waals surface area (Å²) in [5.41, 5.74) is 7.32. The fraction of sp³-hybridized carbons (Fsp3) is 0.240. The van der Waals surface area contributed by atoms with Gasteiger partial charge in [-0.05, 0) is 43.4 Å². The lowest BCUT2D eigenvalue weighted by atomic mass is 10.2. The smallest absolute Gasteiger partial charge is 0.214 e. The van der Waals surface area contributed by atoms with Crippen LogP contribution >= 0.6 is 0 Å². The number of nitrogens with zero attached hydrogens (tertiary/aromatic N) is 4. The fourth-order valence-corrected chi connectivity index (χ4v) is 5.43. The lowest BCUT2D eigenvalue weighted by molar-refractivity contribution is 0.238. The second-order valence-electron chi connectivity index (χ2n) is 8.59. The summed E-state index contributed by atoms with van der Waals surface area (Å²) in [7, 11) is -4.83. The monoisotopic (exact) mass is 541 g/mol. The van der Waals surface area contributed by atoms with E-state index in [2.05, 4.69) is 15.0 Å². The number of anilines is 1. The molecule has 194 valence electrons. The number of likely N-dealkylation sites (N-methyl/N-ethyl adjacent to an activating group) is 1. The lowest BCUT2D eigenvalue weighted by Gasteiger charge is -2.16. The Morgan fingerprint density at radius 2 is 1.59 bits per heavy atom. The van der Waals surface area contributed by atoms with Crippen LogP contribution < -0.4 is 10.5 Å². The summed E-state index contributed by atoms with van der Waals surface area (Å²) in [6, 6.07) is 16.2. The molecule has 37 heavy (non-hydrogen) atoms. The predicted octanol–water partition coefficient (Wildman–Crippen LogP) is 2.46. The molecule has 0 saturated carbocycles. The van der Waals surface area contributed by atoms with Gasteiger partial charge in [0.1, 0.15) is 22.3 Å². The van der Waals surface area contributed by atoms with Gasteiger partial charge in [0.25, 0.3) is 0 Å². The van der Waals surface area contributed by atoms with Crippen molar-refractivity contribution in [3.63, 3.8) is 0 Å². The number of aromatic nitrogens is 3. The molecular formula is C25H27N5O5S2. The number of sulfone groups is 2. The molecule has 2 N–H and O–H groups in total. The van der Waals surface area contributed by atoms with E-state index in [-0.39, 0.29) is 21.4 Å². The maximum atomic E-state index is 12.8. The van der Waals surface area contributed by atoms with Crippen molar-refractivity contribution in [1.29, 1.82) is 0 Å². The normalized spacial score (nSPS) is 12.2. The first kappa shape index (κ1) is 26.5. The van der Waals surface area contributed by atoms with Crippen LogP contribution in [0.15, 0.2) is 76.7 Å². The third kappa shape index (κ3) is 6.59. The van der Waals surface area contributed by atoms with Gasteiger partial charge in [-0.1, -0.05) is 18.2 Å². The highest BCUT2D eigenvalue weighted by atomic mass is 32.2. The molecule has 0 amide bonds. The zero-order valence-corrected chi connectivity index (χ0v) is 22.0. The van der Waals surface area contributed by atoms with Crippen molar-refractivity contribution in [1.82, 2.24) is 19.9 Å². The van der Waals surface area contributed by atoms with Gasteiger partial charge in [0, 0.05) is 36.4 Å². The molecule has 0 aliphatic rings. The number of hydrogen-bond donors (Lipinski definition) is 1. The van der Waals surface area contributed by atoms with Crippen molar-refractivity contribution >= 4 is 36.4 Å². The number of benzene rings is 2. The van der Waals surface area contributed by atoms with Gasteiger partial charge in [0.05, 0.1) is 27.3 Å². The van der Waals surface area contributed by atoms with E-state index >= 15 is 0 Å². The number of hydrogen-bond acceptors (Lipinski definition) is 10. The van der Waals surface area contributed by atoms with Crippen molar-refractivity contribution < 1.29 is 21.6 Å². The van der Waals surface area contributed by atoms with Crippen LogP contribution in [0, 0.1) is 0 Å². The molecule has 0 bridgehead atoms. The largest absolute Gasteiger partial charge is 0.476 e. The van der Waals surface area contributed by atoms with Crippen molar-refractivity contribution in [2.75, 3.05) is 44.5 Å². The van der Waals surface area contributed by atoms with Crippen LogP contribution in [-0.2, 0) is 19.7 Å². The zero-order valence-electron chi connectivity index (χ0n) is 20.4. The number of pyridine rings is 1. The SMILES string of the molecule is CN(CCOc1cc2c(N)nc(-c3ccc(S(=O)(=O)c4ccccc4)cc3)nc2cn1)CCS(C)(=O)=O. The Labute approximate surface area is 216 Å². The molecule has 10 nitrogen and oxygen atoms in total. The number of rotatable bonds is 10. The summed E-state index contributed by atoms with van der Waals surface area (Å²) in [6.07, 6.45) is 2.74. The highest BCUT2D eigenvalue weighted by Crippen LogP contribution is 2.27. The minimum Gasteiger partial charge on any atom is -0.476 e. The molecule has 0 radical (unpaired) electrons. The Kier molecular flexibility index (Phi) is 7.71. The van der Waals surface area contributed by atoms with Crippen LogP contribution in [0.25, 0.3) is 22.3 Å². The van der Waals surface area contributed by atoms with E-state index < -0.39 is 19.7 Å². The molecule has 0 aliphatic heterocycles. The third-order valence-electron chi connectivity index (χ3n) is 5.63. The molecule has 0 unspecified atom stereocenters. The zero-order chi connectivity index (χ0) is 26.6. The molecule has 0 fully saturated rings. The standard InChI is InChI=1S/C25H27N5O5S2/c1-30(13-15-36(2,31)32)12-14-35-23-16-21-22(17-27-23)28-25(29-24(21)26)18-8-10-20(11-9-18)37(33,34)19-6-4-3-5-7-19/h3-11,16-17H,12-15H2,1-2H3,(H2,26,28,29). The highest BCUT2D eigenvalue weighted by molar-refractivity contribution is 7.91. The first-order valence-electron chi connectivity index (χ1n) is 11.4. The number of ether oxygens (including phenoxy) is 1. The molecule has 12 heteroatoms. The first-order valence-corrected chi connectivity index (χ1v) is 14.9. The van der Waals surface area contributed by atoms with Gasteiger partial charge in [-0.15, -0.1) is 0 Å². The highest BCUT2D eigenvalue weighted by Gasteiger charge is 2.18. The lowest BCUT2D eigenvalue weighted by Crippen LogP contribution is -2.29. The summed E-state index contributed by atoms with van der Waals surface area (Å²) < 4.78 is 53.9. The Morgan fingerprint density at radius 1 is 0.919 bits per heavy atom. The van der Waals surface area contributed by atoms with E-state index in [0.717, 1.165) is 0 Å². The summed E-state index contributed by atoms with van der Waals surface area (Å²) in [4.78, 5) is 15.5. The number of nitrogen functional groups attached to an aromatic ring is 1. The van der Waals surface area contributed by atoms with Crippen molar-refractivity contribution in [2.45, 2.75) is 9.79 Å². The fourth-order valence-electron chi connectivity index (χ4n) is 3.50. The van der Waals surface area contributed by atoms with Crippen LogP contribution in [0.1, 0.15) is 0 Å². The van der Waals surface area contributed by atoms with Gasteiger partial charge < -0.3 is 15.4 Å². The Morgan fingerprint density at radius 3 is 2.27 bits per heavy atom. The molecule has 4 aromatic rings. The summed E-state index contributed by atoms with van der Waals surface area (Å²) in [5, 5.41) is 0.572. The van der Waals surface area contributed by atoms with E-state index in [1.165, 1.54) is 24.6 Å². The molecule has 0 aliphatic carbocycles. The Bertz CT molecular complexity index is 1610. The topological polar surface area (TPSA) is 145 Å². The molecule has 0 saturated heterocycles. The molecule has 4 rings (SSSR count). The second kappa shape index (κ2) is 10.8. The molecule has 2 aromatic heterocycles. The van der Waals surface area contributed by atoms with Crippen molar-refractivity contribution in [2.24, 2.45) is 0 Å². The minimum atomic E-state index is -3.63. The van der Waals surface area contributed by atoms with E-state index in [0.29, 0.717) is 47.9 Å². The molecule has 2 heterocycles. The molecule has 2 aromatic carbocycles. The second-order valence-corrected chi connectivity index (χ2v) is 12.8. The maximum Gasteiger partial charge on any atom is 0.214 e. The van der Waals surface area contributed by atoms with Gasteiger partial charge in [0.15, 0.2) is 5.82 Å². The summed E-state index contributed by atoms with van der Waals surface area (Å²) >= 11 is 0. The Balaban J connectivity index is 1.47. The third-order valence-corrected chi connectivity index (χ3v) is 8.34. The quantitative estimate of drug-likeness (QED) is 0.318. The van der Waals surface area contributed by atoms with Crippen LogP contribution in [-0.4, -0.2) is 75.4 Å². The maximum absolute atomic E-state index is 12.8. The van der Waals surface area contributed by atoms with Crippen LogP contribution in [0.2, 0.25) is 0 Å². The van der Waals surface area contributed by atoms with Crippen LogP contribution in [0.5, 0.6) is 5.88 Å². The predicted molar refractivity (Wildman–Crippen MR) is 142 cm³/mol. The van der Waals surface area contributed by atoms with Crippen LogP contribution in [0.3, 0.4) is 0 Å². The first-order chi connectivity index (χ1) is 17.5. The van der Waals surface area contributed by atoms with Gasteiger partial charge in [-0.25, -0.2) is 31.8 Å². The van der Waals surface area contributed by atoms with Crippen LogP contribution in [0.4, 0.5) is 5.82 Å². The summed E-state index contributed by atoms with van der Waals surface area (Å²) in [6.45, 7) is 1.25. The van der Waals surface area contributed by atoms with Crippen molar-refractivity contribution in [3.8, 4) is 17.3 Å². The van der Waals surface area contributed by atoms with E-state index in [1.54, 1.807) is 48.5 Å². The summed E-state index contributed by atoms with van der Waals surface area (Å²) in [5.74, 6) is 1.01. The van der Waals surface area contributed by atoms with Gasteiger partial charge >= 0.3 is 0 Å².